The van der Waals surface area contributed by atoms with Crippen molar-refractivity contribution < 1.29 is 19.3 Å². The molecule has 0 aromatic rings. The van der Waals surface area contributed by atoms with Crippen LogP contribution in [-0.2, 0) is 19.3 Å². The molecule has 0 saturated carbocycles. The second kappa shape index (κ2) is 6.00. The maximum absolute atomic E-state index is 10.7. The van der Waals surface area contributed by atoms with Crippen LogP contribution in [0.25, 0.3) is 0 Å². The standard InChI is InChI=1S/C6H9ClO4/c1-3-10-6(8)5(7)4-11-9-2/h4H,3H2,1-2H3/b5-4+. The van der Waals surface area contributed by atoms with E-state index in [1.807, 2.05) is 0 Å². The molecule has 0 amide bonds. The number of rotatable bonds is 4. The molecule has 0 atom stereocenters. The molecule has 4 nitrogen and oxygen atoms in total. The zero-order valence-corrected chi connectivity index (χ0v) is 7.05. The van der Waals surface area contributed by atoms with Crippen LogP contribution in [0, 0.1) is 0 Å². The monoisotopic (exact) mass is 180 g/mol. The maximum Gasteiger partial charge on any atom is 0.353 e. The van der Waals surface area contributed by atoms with Crippen molar-refractivity contribution in [2.75, 3.05) is 13.7 Å². The van der Waals surface area contributed by atoms with E-state index < -0.39 is 5.97 Å². The Morgan fingerprint density at radius 3 is 2.73 bits per heavy atom. The van der Waals surface area contributed by atoms with E-state index in [0.29, 0.717) is 0 Å². The normalized spacial score (nSPS) is 11.0. The van der Waals surface area contributed by atoms with Gasteiger partial charge in [0.05, 0.1) is 13.7 Å². The second-order valence-corrected chi connectivity index (χ2v) is 1.86. The van der Waals surface area contributed by atoms with E-state index in [0.717, 1.165) is 6.26 Å². The van der Waals surface area contributed by atoms with Crippen molar-refractivity contribution in [3.63, 3.8) is 0 Å². The first-order chi connectivity index (χ1) is 5.22. The highest BCUT2D eigenvalue weighted by Gasteiger charge is 2.06. The third-order valence-corrected chi connectivity index (χ3v) is 0.962. The molecule has 0 aliphatic heterocycles. The van der Waals surface area contributed by atoms with Crippen LogP contribution in [-0.4, -0.2) is 19.7 Å². The van der Waals surface area contributed by atoms with Crippen LogP contribution >= 0.6 is 11.6 Å². The molecule has 0 aromatic heterocycles. The Balaban J connectivity index is 3.80. The van der Waals surface area contributed by atoms with Gasteiger partial charge in [-0.1, -0.05) is 11.6 Å². The van der Waals surface area contributed by atoms with Gasteiger partial charge in [0.15, 0.2) is 11.3 Å². The van der Waals surface area contributed by atoms with Crippen LogP contribution in [0.2, 0.25) is 0 Å². The molecule has 11 heavy (non-hydrogen) atoms. The summed E-state index contributed by atoms with van der Waals surface area (Å²) < 4.78 is 4.53. The quantitative estimate of drug-likeness (QED) is 0.215. The number of hydrogen-bond acceptors (Lipinski definition) is 4. The summed E-state index contributed by atoms with van der Waals surface area (Å²) in [5, 5.41) is -0.159. The number of halogens is 1. The van der Waals surface area contributed by atoms with Gasteiger partial charge in [-0.2, -0.15) is 4.89 Å². The van der Waals surface area contributed by atoms with Gasteiger partial charge in [0.25, 0.3) is 0 Å². The average Bonchev–Trinajstić information content (AvgIpc) is 2.00. The van der Waals surface area contributed by atoms with Crippen molar-refractivity contribution in [2.45, 2.75) is 6.92 Å². The summed E-state index contributed by atoms with van der Waals surface area (Å²) in [6.45, 7) is 1.95. The molecule has 0 bridgehead atoms. The Bertz CT molecular complexity index is 155. The van der Waals surface area contributed by atoms with E-state index in [4.69, 9.17) is 11.6 Å². The molecule has 5 heteroatoms. The zero-order chi connectivity index (χ0) is 8.69. The van der Waals surface area contributed by atoms with Crippen molar-refractivity contribution in [1.29, 1.82) is 0 Å². The Morgan fingerprint density at radius 2 is 2.27 bits per heavy atom. The lowest BCUT2D eigenvalue weighted by Gasteiger charge is -1.98. The van der Waals surface area contributed by atoms with Gasteiger partial charge in [-0.05, 0) is 6.92 Å². The lowest BCUT2D eigenvalue weighted by molar-refractivity contribution is -0.223. The fourth-order valence-corrected chi connectivity index (χ4v) is 0.429. The van der Waals surface area contributed by atoms with Gasteiger partial charge in [0, 0.05) is 0 Å². The lowest BCUT2D eigenvalue weighted by Crippen LogP contribution is -2.03. The average molecular weight is 181 g/mol. The van der Waals surface area contributed by atoms with Crippen molar-refractivity contribution in [1.82, 2.24) is 0 Å². The zero-order valence-electron chi connectivity index (χ0n) is 6.30. The molecule has 0 spiro atoms. The minimum Gasteiger partial charge on any atom is -0.462 e. The molecule has 0 rings (SSSR count). The highest BCUT2D eigenvalue weighted by atomic mass is 35.5. The minimum atomic E-state index is -0.633. The Kier molecular flexibility index (Phi) is 5.60. The summed E-state index contributed by atoms with van der Waals surface area (Å²) in [7, 11) is 1.30. The molecule has 0 N–H and O–H groups in total. The van der Waals surface area contributed by atoms with E-state index in [9.17, 15) is 4.79 Å². The molecule has 0 aromatic carbocycles. The van der Waals surface area contributed by atoms with E-state index in [1.54, 1.807) is 6.92 Å². The fourth-order valence-electron chi connectivity index (χ4n) is 0.339. The summed E-state index contributed by atoms with van der Waals surface area (Å²) in [6, 6.07) is 0. The Morgan fingerprint density at radius 1 is 1.64 bits per heavy atom. The van der Waals surface area contributed by atoms with Crippen molar-refractivity contribution in [2.24, 2.45) is 0 Å². The predicted octanol–water partition coefficient (Wildman–Crippen LogP) is 1.21. The first-order valence-electron chi connectivity index (χ1n) is 2.94. The van der Waals surface area contributed by atoms with Crippen molar-refractivity contribution >= 4 is 17.6 Å². The molecule has 64 valence electrons. The van der Waals surface area contributed by atoms with Gasteiger partial charge in [-0.3, -0.25) is 0 Å². The summed E-state index contributed by atoms with van der Waals surface area (Å²) in [4.78, 5) is 19.1. The fraction of sp³-hybridized carbons (Fsp3) is 0.500. The van der Waals surface area contributed by atoms with Gasteiger partial charge >= 0.3 is 5.97 Å². The second-order valence-electron chi connectivity index (χ2n) is 1.45. The first-order valence-corrected chi connectivity index (χ1v) is 3.32. The van der Waals surface area contributed by atoms with Crippen molar-refractivity contribution in [3.05, 3.63) is 11.3 Å². The van der Waals surface area contributed by atoms with E-state index in [-0.39, 0.29) is 11.6 Å². The minimum absolute atomic E-state index is 0.159. The van der Waals surface area contributed by atoms with Gasteiger partial charge in [0.1, 0.15) is 0 Å². The molecule has 0 unspecified atom stereocenters. The predicted molar refractivity (Wildman–Crippen MR) is 38.7 cm³/mol. The van der Waals surface area contributed by atoms with Crippen LogP contribution in [0.5, 0.6) is 0 Å². The first kappa shape index (κ1) is 10.3. The number of ether oxygens (including phenoxy) is 1. The molecule has 0 aliphatic carbocycles. The van der Waals surface area contributed by atoms with E-state index in [2.05, 4.69) is 14.5 Å². The third kappa shape index (κ3) is 4.64. The summed E-state index contributed by atoms with van der Waals surface area (Å²) >= 11 is 5.37. The van der Waals surface area contributed by atoms with Crippen LogP contribution in [0.4, 0.5) is 0 Å². The van der Waals surface area contributed by atoms with Gasteiger partial charge in [-0.15, -0.1) is 0 Å². The van der Waals surface area contributed by atoms with Gasteiger partial charge in [0.2, 0.25) is 0 Å². The lowest BCUT2D eigenvalue weighted by atomic mass is 10.6. The molecule has 0 radical (unpaired) electrons. The maximum atomic E-state index is 10.7. The topological polar surface area (TPSA) is 44.8 Å². The van der Waals surface area contributed by atoms with Gasteiger partial charge in [-0.25, -0.2) is 4.79 Å². The molecule has 0 fully saturated rings. The van der Waals surface area contributed by atoms with Crippen LogP contribution in [0.3, 0.4) is 0 Å². The van der Waals surface area contributed by atoms with E-state index >= 15 is 0 Å². The molecule has 0 heterocycles. The number of esters is 1. The number of carbonyl (C=O) groups excluding carboxylic acids is 1. The van der Waals surface area contributed by atoms with Crippen LogP contribution in [0.15, 0.2) is 11.3 Å². The Hall–Kier alpha value is -0.740. The van der Waals surface area contributed by atoms with Crippen molar-refractivity contribution in [3.8, 4) is 0 Å². The number of carbonyl (C=O) groups is 1. The highest BCUT2D eigenvalue weighted by Crippen LogP contribution is 2.03. The van der Waals surface area contributed by atoms with Crippen LogP contribution < -0.4 is 0 Å². The number of hydrogen-bond donors (Lipinski definition) is 0. The third-order valence-electron chi connectivity index (χ3n) is 0.718. The smallest absolute Gasteiger partial charge is 0.353 e. The molecule has 0 saturated heterocycles. The molecular formula is C6H9ClO4. The molecule has 0 aliphatic rings. The largest absolute Gasteiger partial charge is 0.462 e. The molecular weight excluding hydrogens is 172 g/mol. The van der Waals surface area contributed by atoms with E-state index in [1.165, 1.54) is 7.11 Å². The van der Waals surface area contributed by atoms with Crippen LogP contribution in [0.1, 0.15) is 6.92 Å². The summed E-state index contributed by atoms with van der Waals surface area (Å²) in [5.41, 5.74) is 0. The Labute approximate surface area is 69.6 Å². The van der Waals surface area contributed by atoms with Gasteiger partial charge < -0.3 is 9.62 Å². The highest BCUT2D eigenvalue weighted by molar-refractivity contribution is 6.41. The SMILES string of the molecule is CCOC(=O)/C(Cl)=C\OOC. The summed E-state index contributed by atoms with van der Waals surface area (Å²) in [6.07, 6.45) is 0.958. The summed E-state index contributed by atoms with van der Waals surface area (Å²) in [5.74, 6) is -0.633.